The van der Waals surface area contributed by atoms with Gasteiger partial charge in [-0.25, -0.2) is 0 Å². The van der Waals surface area contributed by atoms with E-state index in [1.54, 1.807) is 28.1 Å². The molecule has 3 aromatic rings. The van der Waals surface area contributed by atoms with Crippen molar-refractivity contribution >= 4 is 11.8 Å². The molecule has 0 unspecified atom stereocenters. The van der Waals surface area contributed by atoms with Crippen molar-refractivity contribution in [3.63, 3.8) is 0 Å². The predicted octanol–water partition coefficient (Wildman–Crippen LogP) is 3.74. The summed E-state index contributed by atoms with van der Waals surface area (Å²) in [5.74, 6) is -0.787. The molecule has 0 saturated carbocycles. The molecule has 7 heteroatoms. The molecule has 1 saturated heterocycles. The summed E-state index contributed by atoms with van der Waals surface area (Å²) in [5.41, 5.74) is 2.47. The van der Waals surface area contributed by atoms with Gasteiger partial charge in [0.15, 0.2) is 0 Å². The zero-order chi connectivity index (χ0) is 24.8. The Morgan fingerprint density at radius 3 is 2.54 bits per heavy atom. The van der Waals surface area contributed by atoms with E-state index < -0.39 is 11.3 Å². The number of benzene rings is 1. The highest BCUT2D eigenvalue weighted by molar-refractivity contribution is 5.99. The summed E-state index contributed by atoms with van der Waals surface area (Å²) in [7, 11) is 0. The Bertz CT molecular complexity index is 1240. The van der Waals surface area contributed by atoms with Crippen molar-refractivity contribution in [2.24, 2.45) is 0 Å². The van der Waals surface area contributed by atoms with Crippen LogP contribution in [0.3, 0.4) is 0 Å². The first-order valence-corrected chi connectivity index (χ1v) is 12.2. The number of aryl methyl sites for hydroxylation is 3. The minimum absolute atomic E-state index is 0.0198. The molecule has 0 spiro atoms. The van der Waals surface area contributed by atoms with E-state index in [4.69, 9.17) is 0 Å². The van der Waals surface area contributed by atoms with Crippen LogP contribution >= 0.6 is 0 Å². The molecule has 1 aliphatic rings. The van der Waals surface area contributed by atoms with Crippen molar-refractivity contribution < 1.29 is 9.59 Å². The lowest BCUT2D eigenvalue weighted by Gasteiger charge is -2.33. The monoisotopic (exact) mass is 472 g/mol. The molecule has 1 fully saturated rings. The fraction of sp³-hybridized carbons (Fsp3) is 0.357. The van der Waals surface area contributed by atoms with Gasteiger partial charge in [0.25, 0.3) is 11.8 Å². The Morgan fingerprint density at radius 1 is 1.06 bits per heavy atom. The average Bonchev–Trinajstić information content (AvgIpc) is 2.88. The summed E-state index contributed by atoms with van der Waals surface area (Å²) in [6.07, 6.45) is 8.38. The number of hydrogen-bond donors (Lipinski definition) is 1. The van der Waals surface area contributed by atoms with Gasteiger partial charge in [0.2, 0.25) is 5.43 Å². The number of aromatic nitrogens is 2. The summed E-state index contributed by atoms with van der Waals surface area (Å²) in [5, 5.41) is 2.84. The standard InChI is InChI=1S/C28H32N4O3/c1-20-9-11-22(12-10-20)17-30-27(34)24-18-31(16-13-23-8-3-5-14-29-23)19-25(26(24)33)28(35)32-15-6-4-7-21(32)2/h3,5,8-12,14,18-19,21H,4,6-7,13,15-17H2,1-2H3,(H,30,34)/t21-/m0/s1. The van der Waals surface area contributed by atoms with Crippen LogP contribution in [0.4, 0.5) is 0 Å². The van der Waals surface area contributed by atoms with Gasteiger partial charge < -0.3 is 14.8 Å². The van der Waals surface area contributed by atoms with Crippen molar-refractivity contribution in [2.45, 2.75) is 58.7 Å². The Hall–Kier alpha value is -3.74. The van der Waals surface area contributed by atoms with Gasteiger partial charge in [0.05, 0.1) is 0 Å². The number of likely N-dealkylation sites (tertiary alicyclic amines) is 1. The molecule has 1 N–H and O–H groups in total. The second-order valence-corrected chi connectivity index (χ2v) is 9.24. The van der Waals surface area contributed by atoms with Crippen LogP contribution in [0, 0.1) is 6.92 Å². The largest absolute Gasteiger partial charge is 0.352 e. The summed E-state index contributed by atoms with van der Waals surface area (Å²) in [6.45, 7) is 5.42. The highest BCUT2D eigenvalue weighted by Crippen LogP contribution is 2.18. The number of nitrogens with zero attached hydrogens (tertiary/aromatic N) is 3. The number of rotatable bonds is 7. The minimum atomic E-state index is -0.525. The van der Waals surface area contributed by atoms with Crippen LogP contribution in [0.1, 0.15) is 63.7 Å². The zero-order valence-corrected chi connectivity index (χ0v) is 20.4. The average molecular weight is 473 g/mol. The SMILES string of the molecule is Cc1ccc(CNC(=O)c2cn(CCc3ccccn3)cc(C(=O)N3CCCC[C@@H]3C)c2=O)cc1. The zero-order valence-electron chi connectivity index (χ0n) is 20.4. The van der Waals surface area contributed by atoms with Gasteiger partial charge in [-0.2, -0.15) is 0 Å². The second-order valence-electron chi connectivity index (χ2n) is 9.24. The molecule has 0 radical (unpaired) electrons. The number of carbonyl (C=O) groups excluding carboxylic acids is 2. The number of hydrogen-bond acceptors (Lipinski definition) is 4. The first-order chi connectivity index (χ1) is 16.9. The van der Waals surface area contributed by atoms with E-state index in [1.165, 1.54) is 0 Å². The van der Waals surface area contributed by atoms with Gasteiger partial charge in [-0.05, 0) is 50.8 Å². The minimum Gasteiger partial charge on any atom is -0.352 e. The molecule has 2 aromatic heterocycles. The molecule has 2 amide bonds. The van der Waals surface area contributed by atoms with E-state index in [-0.39, 0.29) is 23.1 Å². The van der Waals surface area contributed by atoms with Crippen LogP contribution in [0.25, 0.3) is 0 Å². The number of pyridine rings is 2. The first kappa shape index (κ1) is 24.4. The highest BCUT2D eigenvalue weighted by Gasteiger charge is 2.28. The fourth-order valence-corrected chi connectivity index (χ4v) is 4.40. The lowest BCUT2D eigenvalue weighted by atomic mass is 10.0. The van der Waals surface area contributed by atoms with Crippen molar-refractivity contribution in [3.8, 4) is 0 Å². The van der Waals surface area contributed by atoms with Crippen LogP contribution in [0.15, 0.2) is 65.8 Å². The van der Waals surface area contributed by atoms with E-state index in [1.807, 2.05) is 56.3 Å². The molecule has 4 rings (SSSR count). The van der Waals surface area contributed by atoms with Gasteiger partial charge >= 0.3 is 0 Å². The topological polar surface area (TPSA) is 84.3 Å². The first-order valence-electron chi connectivity index (χ1n) is 12.2. The third-order valence-corrected chi connectivity index (χ3v) is 6.54. The Kier molecular flexibility index (Phi) is 7.75. The number of amides is 2. The van der Waals surface area contributed by atoms with Crippen LogP contribution in [-0.2, 0) is 19.5 Å². The van der Waals surface area contributed by atoms with Crippen LogP contribution in [-0.4, -0.2) is 38.9 Å². The molecule has 0 aliphatic carbocycles. The lowest BCUT2D eigenvalue weighted by Crippen LogP contribution is -2.44. The van der Waals surface area contributed by atoms with Gasteiger partial charge in [-0.3, -0.25) is 19.4 Å². The Balaban J connectivity index is 1.62. The van der Waals surface area contributed by atoms with Crippen molar-refractivity contribution in [2.75, 3.05) is 6.54 Å². The molecule has 182 valence electrons. The molecule has 0 bridgehead atoms. The van der Waals surface area contributed by atoms with Crippen LogP contribution < -0.4 is 10.7 Å². The summed E-state index contributed by atoms with van der Waals surface area (Å²) >= 11 is 0. The molecular formula is C28H32N4O3. The number of nitrogens with one attached hydrogen (secondary N) is 1. The Morgan fingerprint density at radius 2 is 1.83 bits per heavy atom. The summed E-state index contributed by atoms with van der Waals surface area (Å²) in [4.78, 5) is 46.0. The van der Waals surface area contributed by atoms with Gasteiger partial charge in [0, 0.05) is 56.4 Å². The molecule has 1 atom stereocenters. The van der Waals surface area contributed by atoms with E-state index in [2.05, 4.69) is 10.3 Å². The lowest BCUT2D eigenvalue weighted by molar-refractivity contribution is 0.0633. The normalized spacial score (nSPS) is 15.6. The molecule has 3 heterocycles. The van der Waals surface area contributed by atoms with E-state index in [0.29, 0.717) is 26.1 Å². The number of piperidine rings is 1. The molecule has 7 nitrogen and oxygen atoms in total. The van der Waals surface area contributed by atoms with E-state index in [0.717, 1.165) is 36.1 Å². The quantitative estimate of drug-likeness (QED) is 0.568. The Labute approximate surface area is 205 Å². The van der Waals surface area contributed by atoms with Gasteiger partial charge in [-0.1, -0.05) is 35.9 Å². The second kappa shape index (κ2) is 11.1. The maximum Gasteiger partial charge on any atom is 0.259 e. The van der Waals surface area contributed by atoms with Crippen LogP contribution in [0.2, 0.25) is 0 Å². The molecule has 1 aromatic carbocycles. The van der Waals surface area contributed by atoms with Crippen molar-refractivity contribution in [1.29, 1.82) is 0 Å². The predicted molar refractivity (Wildman–Crippen MR) is 135 cm³/mol. The smallest absolute Gasteiger partial charge is 0.259 e. The maximum absolute atomic E-state index is 13.4. The molecule has 35 heavy (non-hydrogen) atoms. The van der Waals surface area contributed by atoms with Crippen molar-refractivity contribution in [1.82, 2.24) is 19.8 Å². The fourth-order valence-electron chi connectivity index (χ4n) is 4.40. The number of carbonyl (C=O) groups is 2. The van der Waals surface area contributed by atoms with Crippen molar-refractivity contribution in [3.05, 3.63) is 99.2 Å². The summed E-state index contributed by atoms with van der Waals surface area (Å²) in [6, 6.07) is 13.6. The van der Waals surface area contributed by atoms with Gasteiger partial charge in [0.1, 0.15) is 11.1 Å². The highest BCUT2D eigenvalue weighted by atomic mass is 16.2. The molecular weight excluding hydrogens is 440 g/mol. The van der Waals surface area contributed by atoms with Crippen LogP contribution in [0.5, 0.6) is 0 Å². The third kappa shape index (κ3) is 6.04. The molecule has 1 aliphatic heterocycles. The van der Waals surface area contributed by atoms with E-state index >= 15 is 0 Å². The third-order valence-electron chi connectivity index (χ3n) is 6.54. The summed E-state index contributed by atoms with van der Waals surface area (Å²) < 4.78 is 1.76. The van der Waals surface area contributed by atoms with E-state index in [9.17, 15) is 14.4 Å². The maximum atomic E-state index is 13.4. The van der Waals surface area contributed by atoms with Gasteiger partial charge in [-0.15, -0.1) is 0 Å².